The van der Waals surface area contributed by atoms with E-state index in [-0.39, 0.29) is 11.4 Å². The fourth-order valence-electron chi connectivity index (χ4n) is 2.13. The maximum atomic E-state index is 11.9. The van der Waals surface area contributed by atoms with Gasteiger partial charge in [0, 0.05) is 11.1 Å². The van der Waals surface area contributed by atoms with Crippen LogP contribution in [-0.2, 0) is 6.54 Å². The molecule has 3 aromatic rings. The lowest BCUT2D eigenvalue weighted by Crippen LogP contribution is -2.17. The third-order valence-electron chi connectivity index (χ3n) is 2.99. The summed E-state index contributed by atoms with van der Waals surface area (Å²) in [7, 11) is 0. The summed E-state index contributed by atoms with van der Waals surface area (Å²) in [4.78, 5) is 14.6. The quantitative estimate of drug-likeness (QED) is 0.755. The average Bonchev–Trinajstić information content (AvgIpc) is 2.65. The maximum Gasteiger partial charge on any atom is 0.326 e. The molecule has 96 valence electrons. The number of phenols is 1. The van der Waals surface area contributed by atoms with Crippen molar-refractivity contribution in [1.82, 2.24) is 9.55 Å². The van der Waals surface area contributed by atoms with Crippen LogP contribution in [0.15, 0.2) is 47.3 Å². The van der Waals surface area contributed by atoms with Gasteiger partial charge in [0.1, 0.15) is 5.75 Å². The van der Waals surface area contributed by atoms with E-state index in [1.165, 1.54) is 6.07 Å². The Hall–Kier alpha value is -2.20. The number of halogens is 1. The van der Waals surface area contributed by atoms with Crippen LogP contribution in [0.2, 0.25) is 5.02 Å². The van der Waals surface area contributed by atoms with Crippen molar-refractivity contribution in [1.29, 1.82) is 0 Å². The highest BCUT2D eigenvalue weighted by Crippen LogP contribution is 2.18. The van der Waals surface area contributed by atoms with Crippen LogP contribution in [0.5, 0.6) is 5.75 Å². The Morgan fingerprint density at radius 1 is 1.21 bits per heavy atom. The van der Waals surface area contributed by atoms with Crippen molar-refractivity contribution < 1.29 is 5.11 Å². The number of fused-ring (bicyclic) bond motifs is 1. The largest absolute Gasteiger partial charge is 0.508 e. The molecule has 0 atom stereocenters. The summed E-state index contributed by atoms with van der Waals surface area (Å²) in [6.45, 7) is 0.435. The summed E-state index contributed by atoms with van der Waals surface area (Å²) in [6, 6.07) is 12.2. The van der Waals surface area contributed by atoms with Crippen LogP contribution in [-0.4, -0.2) is 14.7 Å². The second-order valence-corrected chi connectivity index (χ2v) is 4.78. The Morgan fingerprint density at radius 2 is 2.05 bits per heavy atom. The van der Waals surface area contributed by atoms with Crippen LogP contribution in [0.25, 0.3) is 11.0 Å². The summed E-state index contributed by atoms with van der Waals surface area (Å²) >= 11 is 5.94. The molecule has 5 heteroatoms. The molecule has 1 aromatic heterocycles. The zero-order valence-electron chi connectivity index (χ0n) is 9.93. The summed E-state index contributed by atoms with van der Waals surface area (Å²) < 4.78 is 1.61. The van der Waals surface area contributed by atoms with Gasteiger partial charge in [0.25, 0.3) is 0 Å². The Bertz CT molecular complexity index is 805. The number of hydrogen-bond donors (Lipinski definition) is 2. The first-order valence-corrected chi connectivity index (χ1v) is 6.17. The number of hydrogen-bond acceptors (Lipinski definition) is 2. The maximum absolute atomic E-state index is 11.9. The molecule has 0 fully saturated rings. The summed E-state index contributed by atoms with van der Waals surface area (Å²) in [5.41, 5.74) is 2.11. The van der Waals surface area contributed by atoms with Gasteiger partial charge >= 0.3 is 5.69 Å². The number of nitrogens with one attached hydrogen (secondary N) is 1. The molecule has 0 spiro atoms. The van der Waals surface area contributed by atoms with Crippen LogP contribution >= 0.6 is 11.6 Å². The van der Waals surface area contributed by atoms with Gasteiger partial charge in [0.2, 0.25) is 0 Å². The number of H-pyrrole nitrogens is 1. The Labute approximate surface area is 113 Å². The summed E-state index contributed by atoms with van der Waals surface area (Å²) in [5, 5.41) is 10.0. The molecule has 2 N–H and O–H groups in total. The van der Waals surface area contributed by atoms with Crippen molar-refractivity contribution >= 4 is 22.6 Å². The molecule has 0 aliphatic carbocycles. The molecule has 0 unspecified atom stereocenters. The van der Waals surface area contributed by atoms with Crippen LogP contribution in [0, 0.1) is 0 Å². The fourth-order valence-corrected chi connectivity index (χ4v) is 2.34. The average molecular weight is 275 g/mol. The summed E-state index contributed by atoms with van der Waals surface area (Å²) in [5.74, 6) is 0.128. The zero-order chi connectivity index (χ0) is 13.4. The third-order valence-corrected chi connectivity index (χ3v) is 3.22. The molecular formula is C14H11ClN2O2. The predicted octanol–water partition coefficient (Wildman–Crippen LogP) is 2.74. The van der Waals surface area contributed by atoms with Gasteiger partial charge in [0.15, 0.2) is 0 Å². The van der Waals surface area contributed by atoms with Crippen LogP contribution in [0.1, 0.15) is 5.56 Å². The van der Waals surface area contributed by atoms with E-state index in [1.807, 2.05) is 18.2 Å². The first kappa shape index (κ1) is 11.9. The first-order valence-electron chi connectivity index (χ1n) is 5.79. The van der Waals surface area contributed by atoms with Gasteiger partial charge in [-0.25, -0.2) is 4.79 Å². The van der Waals surface area contributed by atoms with Gasteiger partial charge < -0.3 is 10.1 Å². The van der Waals surface area contributed by atoms with E-state index < -0.39 is 0 Å². The lowest BCUT2D eigenvalue weighted by Gasteiger charge is -2.04. The number of rotatable bonds is 2. The molecule has 1 heterocycles. The number of aromatic nitrogens is 2. The SMILES string of the molecule is O=c1[nH]c2cc(O)ccc2n1Cc1cccc(Cl)c1. The zero-order valence-corrected chi connectivity index (χ0v) is 10.7. The molecule has 0 radical (unpaired) electrons. The molecule has 0 saturated heterocycles. The van der Waals surface area contributed by atoms with Gasteiger partial charge in [-0.3, -0.25) is 4.57 Å². The van der Waals surface area contributed by atoms with E-state index in [0.29, 0.717) is 17.1 Å². The minimum absolute atomic E-state index is 0.128. The molecule has 0 aliphatic rings. The molecule has 19 heavy (non-hydrogen) atoms. The lowest BCUT2D eigenvalue weighted by molar-refractivity contribution is 0.476. The molecule has 0 amide bonds. The molecule has 0 aliphatic heterocycles. The standard InChI is InChI=1S/C14H11ClN2O2/c15-10-3-1-2-9(6-10)8-17-13-5-4-11(18)7-12(13)16-14(17)19/h1-7,18H,8H2,(H,16,19). The van der Waals surface area contributed by atoms with Gasteiger partial charge in [-0.05, 0) is 29.8 Å². The predicted molar refractivity (Wildman–Crippen MR) is 74.8 cm³/mol. The number of nitrogens with zero attached hydrogens (tertiary/aromatic N) is 1. The number of imidazole rings is 1. The Kier molecular flexibility index (Phi) is 2.80. The molecule has 0 bridgehead atoms. The van der Waals surface area contributed by atoms with Gasteiger partial charge in [-0.15, -0.1) is 0 Å². The number of phenolic OH excluding ortho intramolecular Hbond substituents is 1. The normalized spacial score (nSPS) is 11.0. The van der Waals surface area contributed by atoms with Crippen molar-refractivity contribution in [2.24, 2.45) is 0 Å². The smallest absolute Gasteiger partial charge is 0.326 e. The molecule has 2 aromatic carbocycles. The van der Waals surface area contributed by atoms with Gasteiger partial charge in [0.05, 0.1) is 17.6 Å². The van der Waals surface area contributed by atoms with Crippen LogP contribution in [0.4, 0.5) is 0 Å². The topological polar surface area (TPSA) is 58.0 Å². The second-order valence-electron chi connectivity index (χ2n) is 4.35. The van der Waals surface area contributed by atoms with Gasteiger partial charge in [-0.2, -0.15) is 0 Å². The minimum Gasteiger partial charge on any atom is -0.508 e. The summed E-state index contributed by atoms with van der Waals surface area (Å²) in [6.07, 6.45) is 0. The number of benzene rings is 2. The Balaban J connectivity index is 2.10. The first-order chi connectivity index (χ1) is 9.13. The minimum atomic E-state index is -0.208. The Morgan fingerprint density at radius 3 is 2.84 bits per heavy atom. The van der Waals surface area contributed by atoms with E-state index in [4.69, 9.17) is 11.6 Å². The van der Waals surface area contributed by atoms with Crippen LogP contribution < -0.4 is 5.69 Å². The molecule has 4 nitrogen and oxygen atoms in total. The number of aromatic amines is 1. The van der Waals surface area contributed by atoms with E-state index in [0.717, 1.165) is 11.1 Å². The molecule has 3 rings (SSSR count). The second kappa shape index (κ2) is 4.48. The number of aromatic hydroxyl groups is 1. The lowest BCUT2D eigenvalue weighted by atomic mass is 10.2. The van der Waals surface area contributed by atoms with E-state index >= 15 is 0 Å². The van der Waals surface area contributed by atoms with Crippen molar-refractivity contribution in [2.45, 2.75) is 6.54 Å². The van der Waals surface area contributed by atoms with Crippen molar-refractivity contribution in [2.75, 3.05) is 0 Å². The van der Waals surface area contributed by atoms with E-state index in [2.05, 4.69) is 4.98 Å². The molecule has 0 saturated carbocycles. The van der Waals surface area contributed by atoms with Crippen molar-refractivity contribution in [3.05, 3.63) is 63.5 Å². The van der Waals surface area contributed by atoms with E-state index in [1.54, 1.807) is 22.8 Å². The van der Waals surface area contributed by atoms with Gasteiger partial charge in [-0.1, -0.05) is 23.7 Å². The van der Waals surface area contributed by atoms with Crippen molar-refractivity contribution in [3.8, 4) is 5.75 Å². The fraction of sp³-hybridized carbons (Fsp3) is 0.0714. The van der Waals surface area contributed by atoms with E-state index in [9.17, 15) is 9.90 Å². The monoisotopic (exact) mass is 274 g/mol. The highest BCUT2D eigenvalue weighted by atomic mass is 35.5. The van der Waals surface area contributed by atoms with Crippen LogP contribution in [0.3, 0.4) is 0 Å². The highest BCUT2D eigenvalue weighted by Gasteiger charge is 2.07. The van der Waals surface area contributed by atoms with Crippen molar-refractivity contribution in [3.63, 3.8) is 0 Å². The third kappa shape index (κ3) is 2.22. The molecular weight excluding hydrogens is 264 g/mol. The highest BCUT2D eigenvalue weighted by molar-refractivity contribution is 6.30.